The minimum atomic E-state index is -0.262. The highest BCUT2D eigenvalue weighted by atomic mass is 32.1. The van der Waals surface area contributed by atoms with Crippen molar-refractivity contribution >= 4 is 22.7 Å². The fourth-order valence-electron chi connectivity index (χ4n) is 4.68. The van der Waals surface area contributed by atoms with Gasteiger partial charge in [0.2, 0.25) is 5.13 Å². The summed E-state index contributed by atoms with van der Waals surface area (Å²) in [4.78, 5) is 9.32. The third-order valence-electron chi connectivity index (χ3n) is 6.67. The third kappa shape index (κ3) is 6.63. The Labute approximate surface area is 221 Å². The van der Waals surface area contributed by atoms with Gasteiger partial charge >= 0.3 is 0 Å². The SMILES string of the molecule is CCOc1cc(C=Nc2nc(-c3ccc(C4CCCCC4)cc3)cs2)ccc1OCc1ccc(F)cc1. The third-order valence-corrected chi connectivity index (χ3v) is 7.42. The quantitative estimate of drug-likeness (QED) is 0.210. The molecule has 37 heavy (non-hydrogen) atoms. The predicted molar refractivity (Wildman–Crippen MR) is 149 cm³/mol. The molecule has 1 heterocycles. The van der Waals surface area contributed by atoms with Crippen LogP contribution in [-0.4, -0.2) is 17.8 Å². The highest BCUT2D eigenvalue weighted by Gasteiger charge is 2.15. The summed E-state index contributed by atoms with van der Waals surface area (Å²) in [6, 6.07) is 20.9. The summed E-state index contributed by atoms with van der Waals surface area (Å²) in [6.07, 6.45) is 8.47. The first-order chi connectivity index (χ1) is 18.2. The van der Waals surface area contributed by atoms with E-state index in [-0.39, 0.29) is 5.82 Å². The van der Waals surface area contributed by atoms with Crippen LogP contribution in [0.1, 0.15) is 61.6 Å². The Bertz CT molecular complexity index is 1330. The number of aliphatic imine (C=N–C) groups is 1. The first-order valence-electron chi connectivity index (χ1n) is 12.9. The molecule has 0 radical (unpaired) electrons. The van der Waals surface area contributed by atoms with Gasteiger partial charge in [-0.3, -0.25) is 0 Å². The molecule has 0 spiro atoms. The van der Waals surface area contributed by atoms with E-state index in [4.69, 9.17) is 14.5 Å². The van der Waals surface area contributed by atoms with Crippen LogP contribution in [-0.2, 0) is 6.61 Å². The molecule has 0 amide bonds. The molecule has 4 aromatic rings. The van der Waals surface area contributed by atoms with E-state index in [0.717, 1.165) is 22.4 Å². The lowest BCUT2D eigenvalue weighted by molar-refractivity contribution is 0.269. The first-order valence-corrected chi connectivity index (χ1v) is 13.8. The van der Waals surface area contributed by atoms with E-state index in [2.05, 4.69) is 34.6 Å². The van der Waals surface area contributed by atoms with E-state index in [1.54, 1.807) is 18.3 Å². The summed E-state index contributed by atoms with van der Waals surface area (Å²) in [7, 11) is 0. The van der Waals surface area contributed by atoms with Gasteiger partial charge in [0.05, 0.1) is 12.3 Å². The van der Waals surface area contributed by atoms with Gasteiger partial charge in [-0.2, -0.15) is 0 Å². The van der Waals surface area contributed by atoms with Crippen LogP contribution >= 0.6 is 11.3 Å². The van der Waals surface area contributed by atoms with Crippen molar-refractivity contribution in [3.05, 3.63) is 94.6 Å². The van der Waals surface area contributed by atoms with Crippen molar-refractivity contribution in [2.45, 2.75) is 51.6 Å². The lowest BCUT2D eigenvalue weighted by Gasteiger charge is -2.22. The molecule has 1 aromatic heterocycles. The van der Waals surface area contributed by atoms with Gasteiger partial charge in [-0.15, -0.1) is 11.3 Å². The van der Waals surface area contributed by atoms with Crippen LogP contribution in [0.25, 0.3) is 11.3 Å². The first kappa shape index (κ1) is 25.2. The Morgan fingerprint density at radius 3 is 2.49 bits per heavy atom. The number of aromatic nitrogens is 1. The van der Waals surface area contributed by atoms with E-state index in [0.29, 0.717) is 35.8 Å². The van der Waals surface area contributed by atoms with Crippen LogP contribution in [0.2, 0.25) is 0 Å². The average molecular weight is 515 g/mol. The summed E-state index contributed by atoms with van der Waals surface area (Å²) in [5.41, 5.74) is 5.31. The van der Waals surface area contributed by atoms with Crippen molar-refractivity contribution in [3.63, 3.8) is 0 Å². The van der Waals surface area contributed by atoms with Crippen LogP contribution < -0.4 is 9.47 Å². The maximum atomic E-state index is 13.1. The average Bonchev–Trinajstić information content (AvgIpc) is 3.42. The zero-order valence-corrected chi connectivity index (χ0v) is 21.8. The van der Waals surface area contributed by atoms with Crippen LogP contribution in [0.3, 0.4) is 0 Å². The minimum Gasteiger partial charge on any atom is -0.490 e. The zero-order valence-electron chi connectivity index (χ0n) is 21.0. The molecule has 0 atom stereocenters. The van der Waals surface area contributed by atoms with Crippen molar-refractivity contribution in [3.8, 4) is 22.8 Å². The van der Waals surface area contributed by atoms with Gasteiger partial charge in [-0.25, -0.2) is 14.4 Å². The molecule has 5 rings (SSSR count). The summed E-state index contributed by atoms with van der Waals surface area (Å²) in [5.74, 6) is 1.73. The summed E-state index contributed by atoms with van der Waals surface area (Å²) in [5, 5.41) is 2.77. The summed E-state index contributed by atoms with van der Waals surface area (Å²) >= 11 is 1.53. The number of rotatable bonds is 9. The Morgan fingerprint density at radius 1 is 0.946 bits per heavy atom. The molecule has 6 heteroatoms. The van der Waals surface area contributed by atoms with Crippen molar-refractivity contribution in [2.75, 3.05) is 6.61 Å². The number of thiazole rings is 1. The van der Waals surface area contributed by atoms with Crippen molar-refractivity contribution in [1.29, 1.82) is 0 Å². The van der Waals surface area contributed by atoms with Gasteiger partial charge in [-0.1, -0.05) is 55.7 Å². The molecule has 4 nitrogen and oxygen atoms in total. The molecule has 0 N–H and O–H groups in total. The van der Waals surface area contributed by atoms with E-state index >= 15 is 0 Å². The maximum absolute atomic E-state index is 13.1. The standard InChI is InChI=1S/C31H31FN2O2S/c1-2-35-30-18-23(10-17-29(30)36-20-22-8-15-27(32)16-9-22)19-33-31-34-28(21-37-31)26-13-11-25(12-14-26)24-6-4-3-5-7-24/h8-19,21,24H,2-7,20H2,1H3. The van der Waals surface area contributed by atoms with Crippen molar-refractivity contribution in [1.82, 2.24) is 4.98 Å². The Morgan fingerprint density at radius 2 is 1.73 bits per heavy atom. The minimum absolute atomic E-state index is 0.262. The van der Waals surface area contributed by atoms with Crippen LogP contribution in [0.15, 0.2) is 77.1 Å². The summed E-state index contributed by atoms with van der Waals surface area (Å²) in [6.45, 7) is 2.78. The van der Waals surface area contributed by atoms with Gasteiger partial charge in [0.1, 0.15) is 12.4 Å². The number of hydrogen-bond acceptors (Lipinski definition) is 5. The molecular weight excluding hydrogens is 483 g/mol. The monoisotopic (exact) mass is 514 g/mol. The molecule has 1 aliphatic rings. The van der Waals surface area contributed by atoms with Crippen molar-refractivity contribution < 1.29 is 13.9 Å². The van der Waals surface area contributed by atoms with Gasteiger partial charge in [0.15, 0.2) is 11.5 Å². The summed E-state index contributed by atoms with van der Waals surface area (Å²) < 4.78 is 24.9. The van der Waals surface area contributed by atoms with Gasteiger partial charge in [0.25, 0.3) is 0 Å². The predicted octanol–water partition coefficient (Wildman–Crippen LogP) is 8.73. The fourth-order valence-corrected chi connectivity index (χ4v) is 5.35. The lowest BCUT2D eigenvalue weighted by atomic mass is 9.84. The van der Waals surface area contributed by atoms with E-state index in [9.17, 15) is 4.39 Å². The van der Waals surface area contributed by atoms with E-state index < -0.39 is 0 Å². The molecular formula is C31H31FN2O2S. The lowest BCUT2D eigenvalue weighted by Crippen LogP contribution is -2.04. The molecule has 0 bridgehead atoms. The zero-order chi connectivity index (χ0) is 25.5. The van der Waals surface area contributed by atoms with Gasteiger partial charge in [0, 0.05) is 17.2 Å². The smallest absolute Gasteiger partial charge is 0.209 e. The maximum Gasteiger partial charge on any atom is 0.209 e. The van der Waals surface area contributed by atoms with Crippen LogP contribution in [0.4, 0.5) is 9.52 Å². The molecule has 0 saturated heterocycles. The normalized spacial score (nSPS) is 14.2. The molecule has 0 aliphatic heterocycles. The topological polar surface area (TPSA) is 43.7 Å². The molecule has 3 aromatic carbocycles. The Hall–Kier alpha value is -3.51. The fraction of sp³-hybridized carbons (Fsp3) is 0.290. The highest BCUT2D eigenvalue weighted by Crippen LogP contribution is 2.34. The van der Waals surface area contributed by atoms with Crippen molar-refractivity contribution in [2.24, 2.45) is 4.99 Å². The molecule has 0 unspecified atom stereocenters. The number of benzene rings is 3. The van der Waals surface area contributed by atoms with E-state index in [1.807, 2.05) is 25.1 Å². The molecule has 1 fully saturated rings. The van der Waals surface area contributed by atoms with Crippen LogP contribution in [0.5, 0.6) is 11.5 Å². The second-order valence-electron chi connectivity index (χ2n) is 9.28. The number of hydrogen-bond donors (Lipinski definition) is 0. The highest BCUT2D eigenvalue weighted by molar-refractivity contribution is 7.13. The Kier molecular flexibility index (Phi) is 8.26. The molecule has 190 valence electrons. The van der Waals surface area contributed by atoms with Crippen LogP contribution in [0, 0.1) is 5.82 Å². The van der Waals surface area contributed by atoms with E-state index in [1.165, 1.54) is 61.1 Å². The largest absolute Gasteiger partial charge is 0.490 e. The Balaban J connectivity index is 1.24. The molecule has 1 saturated carbocycles. The molecule has 1 aliphatic carbocycles. The second kappa shape index (κ2) is 12.2. The number of nitrogens with zero attached hydrogens (tertiary/aromatic N) is 2. The second-order valence-corrected chi connectivity index (χ2v) is 10.1. The number of ether oxygens (including phenoxy) is 2. The van der Waals surface area contributed by atoms with Gasteiger partial charge < -0.3 is 9.47 Å². The van der Waals surface area contributed by atoms with Gasteiger partial charge in [-0.05, 0) is 72.7 Å². The number of halogens is 1.